The molecule has 3 aromatic carbocycles. The van der Waals surface area contributed by atoms with Gasteiger partial charge in [0.2, 0.25) is 0 Å². The minimum absolute atomic E-state index is 0.0232. The van der Waals surface area contributed by atoms with Crippen LogP contribution in [-0.4, -0.2) is 10.9 Å². The standard InChI is InChI=1S/C23H13F2N3OS/c24-15-9-10-20(25)19(11-15)21-13-30-23(27-21)28-22(29)18-8-4-3-7-17(18)16-6-2-1-5-14(16)12-26/h1-11,13H,(H,27,28,29). The zero-order valence-corrected chi connectivity index (χ0v) is 16.2. The number of hydrogen-bond donors (Lipinski definition) is 1. The van der Waals surface area contributed by atoms with Crippen molar-refractivity contribution in [1.29, 1.82) is 5.26 Å². The van der Waals surface area contributed by atoms with Gasteiger partial charge in [0.05, 0.1) is 17.3 Å². The van der Waals surface area contributed by atoms with Crippen LogP contribution in [0.5, 0.6) is 0 Å². The Morgan fingerprint density at radius 3 is 2.50 bits per heavy atom. The molecule has 1 aromatic heterocycles. The van der Waals surface area contributed by atoms with Gasteiger partial charge in [-0.15, -0.1) is 11.3 Å². The van der Waals surface area contributed by atoms with Gasteiger partial charge in [0.1, 0.15) is 11.6 Å². The lowest BCUT2D eigenvalue weighted by Gasteiger charge is -2.10. The van der Waals surface area contributed by atoms with Crippen LogP contribution in [0.3, 0.4) is 0 Å². The van der Waals surface area contributed by atoms with Crippen molar-refractivity contribution in [3.8, 4) is 28.5 Å². The maximum Gasteiger partial charge on any atom is 0.258 e. The largest absolute Gasteiger partial charge is 0.298 e. The number of rotatable bonds is 4. The summed E-state index contributed by atoms with van der Waals surface area (Å²) in [5.74, 6) is -1.59. The van der Waals surface area contributed by atoms with Crippen molar-refractivity contribution >= 4 is 22.4 Å². The Labute approximate surface area is 175 Å². The van der Waals surface area contributed by atoms with Gasteiger partial charge in [-0.25, -0.2) is 13.8 Å². The fourth-order valence-electron chi connectivity index (χ4n) is 3.04. The van der Waals surface area contributed by atoms with Crippen LogP contribution in [-0.2, 0) is 0 Å². The van der Waals surface area contributed by atoms with Crippen molar-refractivity contribution in [3.05, 3.63) is 94.9 Å². The first-order chi connectivity index (χ1) is 14.6. The molecule has 0 saturated carbocycles. The van der Waals surface area contributed by atoms with E-state index in [1.807, 2.05) is 0 Å². The van der Waals surface area contributed by atoms with E-state index in [1.54, 1.807) is 53.9 Å². The topological polar surface area (TPSA) is 65.8 Å². The Balaban J connectivity index is 1.64. The molecule has 0 radical (unpaired) electrons. The number of carbonyl (C=O) groups is 1. The van der Waals surface area contributed by atoms with Crippen molar-refractivity contribution in [1.82, 2.24) is 4.98 Å². The van der Waals surface area contributed by atoms with E-state index in [0.717, 1.165) is 29.5 Å². The average molecular weight is 417 g/mol. The van der Waals surface area contributed by atoms with E-state index in [0.29, 0.717) is 22.3 Å². The van der Waals surface area contributed by atoms with Gasteiger partial charge in [-0.3, -0.25) is 10.1 Å². The van der Waals surface area contributed by atoms with Crippen LogP contribution in [0.4, 0.5) is 13.9 Å². The summed E-state index contributed by atoms with van der Waals surface area (Å²) in [4.78, 5) is 17.1. The Bertz CT molecular complexity index is 1290. The number of halogens is 2. The molecule has 0 bridgehead atoms. The molecular weight excluding hydrogens is 404 g/mol. The number of amides is 1. The number of hydrogen-bond acceptors (Lipinski definition) is 4. The minimum Gasteiger partial charge on any atom is -0.298 e. The number of carbonyl (C=O) groups excluding carboxylic acids is 1. The predicted octanol–water partition coefficient (Wildman–Crippen LogP) is 5.88. The molecule has 1 N–H and O–H groups in total. The molecule has 0 aliphatic heterocycles. The van der Waals surface area contributed by atoms with Crippen LogP contribution in [0.25, 0.3) is 22.4 Å². The third-order valence-electron chi connectivity index (χ3n) is 4.44. The second-order valence-electron chi connectivity index (χ2n) is 6.32. The van der Waals surface area contributed by atoms with Crippen molar-refractivity contribution in [2.24, 2.45) is 0 Å². The first-order valence-corrected chi connectivity index (χ1v) is 9.75. The number of nitrogens with one attached hydrogen (secondary N) is 1. The van der Waals surface area contributed by atoms with Crippen LogP contribution in [0.2, 0.25) is 0 Å². The molecule has 30 heavy (non-hydrogen) atoms. The summed E-state index contributed by atoms with van der Waals surface area (Å²) in [5, 5.41) is 13.9. The Kier molecular flexibility index (Phi) is 5.33. The smallest absolute Gasteiger partial charge is 0.258 e. The molecule has 4 nitrogen and oxygen atoms in total. The molecule has 0 unspecified atom stereocenters. The van der Waals surface area contributed by atoms with E-state index in [-0.39, 0.29) is 16.4 Å². The van der Waals surface area contributed by atoms with Gasteiger partial charge in [-0.2, -0.15) is 5.26 Å². The summed E-state index contributed by atoms with van der Waals surface area (Å²) < 4.78 is 27.4. The van der Waals surface area contributed by atoms with Crippen molar-refractivity contribution in [2.75, 3.05) is 5.32 Å². The highest BCUT2D eigenvalue weighted by molar-refractivity contribution is 7.14. The molecule has 0 aliphatic carbocycles. The summed E-state index contributed by atoms with van der Waals surface area (Å²) >= 11 is 1.11. The molecule has 4 aromatic rings. The van der Waals surface area contributed by atoms with Gasteiger partial charge >= 0.3 is 0 Å². The van der Waals surface area contributed by atoms with Crippen molar-refractivity contribution in [3.63, 3.8) is 0 Å². The van der Waals surface area contributed by atoms with Crippen molar-refractivity contribution in [2.45, 2.75) is 0 Å². The molecule has 4 rings (SSSR count). The molecule has 146 valence electrons. The number of aromatic nitrogens is 1. The third-order valence-corrected chi connectivity index (χ3v) is 5.20. The lowest BCUT2D eigenvalue weighted by Crippen LogP contribution is -2.13. The molecule has 0 saturated heterocycles. The normalized spacial score (nSPS) is 10.4. The zero-order chi connectivity index (χ0) is 21.1. The molecular formula is C23H13F2N3OS. The van der Waals surface area contributed by atoms with Gasteiger partial charge < -0.3 is 0 Å². The number of nitrogens with zero attached hydrogens (tertiary/aromatic N) is 2. The monoisotopic (exact) mass is 417 g/mol. The summed E-state index contributed by atoms with van der Waals surface area (Å²) in [7, 11) is 0. The second-order valence-corrected chi connectivity index (χ2v) is 7.18. The highest BCUT2D eigenvalue weighted by atomic mass is 32.1. The van der Waals surface area contributed by atoms with Gasteiger partial charge in [0, 0.05) is 22.1 Å². The molecule has 0 fully saturated rings. The molecule has 1 amide bonds. The van der Waals surface area contributed by atoms with Gasteiger partial charge in [-0.05, 0) is 35.9 Å². The summed E-state index contributed by atoms with van der Waals surface area (Å²) in [6, 6.07) is 19.2. The van der Waals surface area contributed by atoms with E-state index in [1.165, 1.54) is 0 Å². The number of anilines is 1. The summed E-state index contributed by atoms with van der Waals surface area (Å²) in [5.41, 5.74) is 2.34. The Morgan fingerprint density at radius 2 is 1.70 bits per heavy atom. The van der Waals surface area contributed by atoms with Crippen LogP contribution in [0, 0.1) is 23.0 Å². The lowest BCUT2D eigenvalue weighted by molar-refractivity contribution is 0.102. The van der Waals surface area contributed by atoms with Crippen LogP contribution in [0.1, 0.15) is 15.9 Å². The predicted molar refractivity (Wildman–Crippen MR) is 112 cm³/mol. The number of thiazole rings is 1. The number of nitriles is 1. The minimum atomic E-state index is -0.599. The molecule has 0 aliphatic rings. The molecule has 1 heterocycles. The maximum absolute atomic E-state index is 14.0. The first kappa shape index (κ1) is 19.4. The SMILES string of the molecule is N#Cc1ccccc1-c1ccccc1C(=O)Nc1nc(-c2cc(F)ccc2F)cs1. The highest BCUT2D eigenvalue weighted by Crippen LogP contribution is 2.30. The van der Waals surface area contributed by atoms with E-state index < -0.39 is 17.5 Å². The highest BCUT2D eigenvalue weighted by Gasteiger charge is 2.17. The van der Waals surface area contributed by atoms with Crippen LogP contribution in [0.15, 0.2) is 72.1 Å². The molecule has 7 heteroatoms. The molecule has 0 spiro atoms. The lowest BCUT2D eigenvalue weighted by atomic mass is 9.95. The third kappa shape index (κ3) is 3.81. The van der Waals surface area contributed by atoms with E-state index in [2.05, 4.69) is 16.4 Å². The Hall–Kier alpha value is -3.89. The first-order valence-electron chi connectivity index (χ1n) is 8.87. The van der Waals surface area contributed by atoms with Gasteiger partial charge in [-0.1, -0.05) is 36.4 Å². The summed E-state index contributed by atoms with van der Waals surface area (Å²) in [6.45, 7) is 0. The van der Waals surface area contributed by atoms with E-state index >= 15 is 0 Å². The van der Waals surface area contributed by atoms with Crippen molar-refractivity contribution < 1.29 is 13.6 Å². The maximum atomic E-state index is 14.0. The van der Waals surface area contributed by atoms with Crippen LogP contribution >= 0.6 is 11.3 Å². The molecule has 0 atom stereocenters. The number of benzene rings is 3. The second kappa shape index (κ2) is 8.23. The average Bonchev–Trinajstić information content (AvgIpc) is 3.23. The van der Waals surface area contributed by atoms with Crippen LogP contribution < -0.4 is 5.32 Å². The van der Waals surface area contributed by atoms with E-state index in [4.69, 9.17) is 0 Å². The zero-order valence-electron chi connectivity index (χ0n) is 15.4. The summed E-state index contributed by atoms with van der Waals surface area (Å²) in [6.07, 6.45) is 0. The quantitative estimate of drug-likeness (QED) is 0.451. The van der Waals surface area contributed by atoms with Gasteiger partial charge in [0.25, 0.3) is 5.91 Å². The van der Waals surface area contributed by atoms with E-state index in [9.17, 15) is 18.8 Å². The Morgan fingerprint density at radius 1 is 0.967 bits per heavy atom. The fourth-order valence-corrected chi connectivity index (χ4v) is 3.75. The van der Waals surface area contributed by atoms with Gasteiger partial charge in [0.15, 0.2) is 5.13 Å². The fraction of sp³-hybridized carbons (Fsp3) is 0.